The van der Waals surface area contributed by atoms with E-state index in [2.05, 4.69) is 30.3 Å². The molecule has 1 saturated heterocycles. The summed E-state index contributed by atoms with van der Waals surface area (Å²) in [7, 11) is 0. The summed E-state index contributed by atoms with van der Waals surface area (Å²) in [6.45, 7) is 8.64. The van der Waals surface area contributed by atoms with E-state index < -0.39 is 6.10 Å². The molecule has 2 atom stereocenters. The topological polar surface area (TPSA) is 63.5 Å². The summed E-state index contributed by atoms with van der Waals surface area (Å²) in [6.07, 6.45) is 0.911. The Labute approximate surface area is 234 Å². The van der Waals surface area contributed by atoms with E-state index in [9.17, 15) is 14.3 Å². The standard InChI is InChI=1S/C34H35FN2O3/c1-22(2)32-31(34(39)36-27-12-8-5-9-13-27)30(24-10-6-4-7-11-24)33(25-14-16-26(35)17-15-25)37(32)19-18-29-21-28(38)20-23(3)40-29/h4-17,22,28-29,38H,3,18-21H2,1-2H3,(H,36,39)/t28-,29?/m0/s1. The third kappa shape index (κ3) is 5.87. The molecule has 0 bridgehead atoms. The Balaban J connectivity index is 1.71. The normalized spacial score (nSPS) is 17.1. The summed E-state index contributed by atoms with van der Waals surface area (Å²) in [6, 6.07) is 25.7. The van der Waals surface area contributed by atoms with E-state index in [1.54, 1.807) is 12.1 Å². The maximum absolute atomic E-state index is 14.1. The number of rotatable bonds is 8. The van der Waals surface area contributed by atoms with Crippen LogP contribution in [0.4, 0.5) is 10.1 Å². The zero-order valence-corrected chi connectivity index (χ0v) is 22.9. The molecule has 1 unspecified atom stereocenters. The van der Waals surface area contributed by atoms with E-state index in [-0.39, 0.29) is 23.7 Å². The molecule has 206 valence electrons. The number of para-hydroxylation sites is 1. The van der Waals surface area contributed by atoms with Crippen LogP contribution in [0.25, 0.3) is 22.4 Å². The molecule has 2 N–H and O–H groups in total. The molecule has 1 aliphatic rings. The van der Waals surface area contributed by atoms with Gasteiger partial charge in [0.2, 0.25) is 0 Å². The third-order valence-electron chi connectivity index (χ3n) is 7.30. The van der Waals surface area contributed by atoms with Gasteiger partial charge in [-0.15, -0.1) is 0 Å². The smallest absolute Gasteiger partial charge is 0.258 e. The number of anilines is 1. The number of aliphatic hydroxyl groups excluding tert-OH is 1. The molecule has 5 nitrogen and oxygen atoms in total. The second-order valence-corrected chi connectivity index (χ2v) is 10.6. The number of hydrogen-bond acceptors (Lipinski definition) is 3. The number of carbonyl (C=O) groups is 1. The number of amides is 1. The number of benzene rings is 3. The van der Waals surface area contributed by atoms with Crippen LogP contribution in [0.3, 0.4) is 0 Å². The predicted molar refractivity (Wildman–Crippen MR) is 158 cm³/mol. The van der Waals surface area contributed by atoms with E-state index in [1.807, 2.05) is 60.7 Å². The molecule has 1 fully saturated rings. The number of ether oxygens (including phenoxy) is 1. The Morgan fingerprint density at radius 2 is 1.68 bits per heavy atom. The van der Waals surface area contributed by atoms with Crippen LogP contribution in [-0.4, -0.2) is 27.8 Å². The largest absolute Gasteiger partial charge is 0.495 e. The Morgan fingerprint density at radius 1 is 1.02 bits per heavy atom. The van der Waals surface area contributed by atoms with Crippen LogP contribution < -0.4 is 5.32 Å². The fourth-order valence-corrected chi connectivity index (χ4v) is 5.64. The highest BCUT2D eigenvalue weighted by atomic mass is 19.1. The molecule has 0 radical (unpaired) electrons. The van der Waals surface area contributed by atoms with Crippen molar-refractivity contribution in [3.63, 3.8) is 0 Å². The van der Waals surface area contributed by atoms with Gasteiger partial charge in [0.25, 0.3) is 5.91 Å². The molecule has 0 saturated carbocycles. The lowest BCUT2D eigenvalue weighted by Gasteiger charge is -2.29. The van der Waals surface area contributed by atoms with Crippen molar-refractivity contribution in [2.45, 2.75) is 57.8 Å². The number of halogens is 1. The predicted octanol–water partition coefficient (Wildman–Crippen LogP) is 7.78. The first-order valence-corrected chi connectivity index (χ1v) is 13.8. The average Bonchev–Trinajstić information content (AvgIpc) is 3.28. The van der Waals surface area contributed by atoms with Gasteiger partial charge in [0, 0.05) is 42.8 Å². The van der Waals surface area contributed by atoms with E-state index in [4.69, 9.17) is 4.74 Å². The SMILES string of the molecule is C=C1C[C@H](O)CC(CCn2c(-c3ccc(F)cc3)c(-c3ccccc3)c(C(=O)Nc3ccccc3)c2C(C)C)O1. The minimum atomic E-state index is -0.482. The first-order valence-electron chi connectivity index (χ1n) is 13.8. The van der Waals surface area contributed by atoms with Crippen LogP contribution in [0, 0.1) is 5.82 Å². The van der Waals surface area contributed by atoms with Gasteiger partial charge in [-0.3, -0.25) is 4.79 Å². The van der Waals surface area contributed by atoms with Gasteiger partial charge in [0.05, 0.1) is 23.1 Å². The van der Waals surface area contributed by atoms with Gasteiger partial charge in [-0.1, -0.05) is 69.0 Å². The number of aromatic nitrogens is 1. The highest BCUT2D eigenvalue weighted by molar-refractivity contribution is 6.12. The maximum atomic E-state index is 14.1. The highest BCUT2D eigenvalue weighted by Gasteiger charge is 2.31. The molecule has 5 rings (SSSR count). The summed E-state index contributed by atoms with van der Waals surface area (Å²) in [5.74, 6) is 0.0685. The van der Waals surface area contributed by atoms with Crippen molar-refractivity contribution in [1.82, 2.24) is 4.57 Å². The zero-order valence-electron chi connectivity index (χ0n) is 22.9. The van der Waals surface area contributed by atoms with E-state index in [0.29, 0.717) is 42.8 Å². The Kier molecular flexibility index (Phi) is 8.17. The Hall–Kier alpha value is -4.16. The Bertz CT molecular complexity index is 1480. The molecular formula is C34H35FN2O3. The van der Waals surface area contributed by atoms with Crippen molar-refractivity contribution in [1.29, 1.82) is 0 Å². The van der Waals surface area contributed by atoms with Crippen LogP contribution in [0.2, 0.25) is 0 Å². The Morgan fingerprint density at radius 3 is 2.30 bits per heavy atom. The van der Waals surface area contributed by atoms with Crippen molar-refractivity contribution in [2.24, 2.45) is 0 Å². The van der Waals surface area contributed by atoms with Gasteiger partial charge < -0.3 is 19.7 Å². The molecule has 2 heterocycles. The van der Waals surface area contributed by atoms with Crippen molar-refractivity contribution >= 4 is 11.6 Å². The first kappa shape index (κ1) is 27.4. The maximum Gasteiger partial charge on any atom is 0.258 e. The van der Waals surface area contributed by atoms with Crippen LogP contribution in [0.15, 0.2) is 97.3 Å². The van der Waals surface area contributed by atoms with Crippen molar-refractivity contribution < 1.29 is 19.0 Å². The number of carbonyl (C=O) groups excluding carboxylic acids is 1. The first-order chi connectivity index (χ1) is 19.3. The molecule has 1 amide bonds. The monoisotopic (exact) mass is 538 g/mol. The number of aliphatic hydroxyl groups is 1. The molecule has 0 aliphatic carbocycles. The number of nitrogens with one attached hydrogen (secondary N) is 1. The molecule has 1 aliphatic heterocycles. The number of hydrogen-bond donors (Lipinski definition) is 2. The fourth-order valence-electron chi connectivity index (χ4n) is 5.64. The lowest BCUT2D eigenvalue weighted by molar-refractivity contribution is -0.00340. The second-order valence-electron chi connectivity index (χ2n) is 10.6. The molecule has 1 aromatic heterocycles. The van der Waals surface area contributed by atoms with Crippen LogP contribution in [0.1, 0.15) is 55.1 Å². The summed E-state index contributed by atoms with van der Waals surface area (Å²) in [4.78, 5) is 14.1. The van der Waals surface area contributed by atoms with Gasteiger partial charge in [-0.05, 0) is 53.4 Å². The van der Waals surface area contributed by atoms with Gasteiger partial charge >= 0.3 is 0 Å². The molecule has 0 spiro atoms. The summed E-state index contributed by atoms with van der Waals surface area (Å²) < 4.78 is 22.2. The van der Waals surface area contributed by atoms with Crippen LogP contribution in [-0.2, 0) is 11.3 Å². The van der Waals surface area contributed by atoms with Crippen molar-refractivity contribution in [2.75, 3.05) is 5.32 Å². The van der Waals surface area contributed by atoms with E-state index in [1.165, 1.54) is 12.1 Å². The molecular weight excluding hydrogens is 503 g/mol. The van der Waals surface area contributed by atoms with Crippen LogP contribution >= 0.6 is 0 Å². The van der Waals surface area contributed by atoms with Crippen molar-refractivity contribution in [3.8, 4) is 22.4 Å². The fraction of sp³-hybridized carbons (Fsp3) is 0.265. The summed E-state index contributed by atoms with van der Waals surface area (Å²) in [5.41, 5.74) is 5.57. The van der Waals surface area contributed by atoms with E-state index in [0.717, 1.165) is 28.1 Å². The average molecular weight is 539 g/mol. The quantitative estimate of drug-likeness (QED) is 0.241. The molecule has 6 heteroatoms. The zero-order chi connectivity index (χ0) is 28.2. The molecule has 3 aromatic carbocycles. The molecule has 4 aromatic rings. The summed E-state index contributed by atoms with van der Waals surface area (Å²) >= 11 is 0. The van der Waals surface area contributed by atoms with Crippen molar-refractivity contribution in [3.05, 3.63) is 114 Å². The highest BCUT2D eigenvalue weighted by Crippen LogP contribution is 2.43. The second kappa shape index (κ2) is 11.9. The summed E-state index contributed by atoms with van der Waals surface area (Å²) in [5, 5.41) is 13.4. The minimum absolute atomic E-state index is 0.000939. The lowest BCUT2D eigenvalue weighted by atomic mass is 9.94. The number of nitrogens with zero attached hydrogens (tertiary/aromatic N) is 1. The third-order valence-corrected chi connectivity index (χ3v) is 7.30. The van der Waals surface area contributed by atoms with Gasteiger partial charge in [-0.2, -0.15) is 0 Å². The molecule has 40 heavy (non-hydrogen) atoms. The van der Waals surface area contributed by atoms with Gasteiger partial charge in [0.15, 0.2) is 0 Å². The van der Waals surface area contributed by atoms with Gasteiger partial charge in [-0.25, -0.2) is 4.39 Å². The lowest BCUT2D eigenvalue weighted by Crippen LogP contribution is -2.28. The van der Waals surface area contributed by atoms with E-state index >= 15 is 0 Å². The minimum Gasteiger partial charge on any atom is -0.495 e. The van der Waals surface area contributed by atoms with Crippen LogP contribution in [0.5, 0.6) is 0 Å². The van der Waals surface area contributed by atoms with Gasteiger partial charge in [0.1, 0.15) is 11.9 Å².